The standard InChI is InChI=1S/C11H12F3NO3/c12-11(13,14)9(10(16)17)6-15-18-7-8-4-2-1-3-5-8/h1-5,9,15H,6-7H2,(H,16,17). The maximum atomic E-state index is 12.2. The molecule has 1 unspecified atom stereocenters. The number of hydrogen-bond acceptors (Lipinski definition) is 3. The molecule has 0 aromatic heterocycles. The van der Waals surface area contributed by atoms with Crippen molar-refractivity contribution in [3.63, 3.8) is 0 Å². The summed E-state index contributed by atoms with van der Waals surface area (Å²) in [6.07, 6.45) is -4.80. The quantitative estimate of drug-likeness (QED) is 0.608. The molecule has 4 nitrogen and oxygen atoms in total. The molecule has 18 heavy (non-hydrogen) atoms. The number of carbonyl (C=O) groups is 1. The smallest absolute Gasteiger partial charge is 0.403 e. The van der Waals surface area contributed by atoms with Gasteiger partial charge in [-0.15, -0.1) is 0 Å². The van der Waals surface area contributed by atoms with Gasteiger partial charge in [-0.2, -0.15) is 13.2 Å². The summed E-state index contributed by atoms with van der Waals surface area (Å²) in [4.78, 5) is 15.2. The average Bonchev–Trinajstić information content (AvgIpc) is 2.27. The van der Waals surface area contributed by atoms with Crippen LogP contribution in [0.15, 0.2) is 30.3 Å². The van der Waals surface area contributed by atoms with Gasteiger partial charge in [0.2, 0.25) is 0 Å². The molecule has 0 aliphatic carbocycles. The van der Waals surface area contributed by atoms with E-state index in [-0.39, 0.29) is 6.61 Å². The fraction of sp³-hybridized carbons (Fsp3) is 0.364. The minimum atomic E-state index is -4.80. The molecule has 7 heteroatoms. The normalized spacial score (nSPS) is 13.3. The third-order valence-electron chi connectivity index (χ3n) is 2.16. The summed E-state index contributed by atoms with van der Waals surface area (Å²) in [7, 11) is 0. The summed E-state index contributed by atoms with van der Waals surface area (Å²) < 4.78 is 36.7. The molecule has 0 heterocycles. The van der Waals surface area contributed by atoms with Gasteiger partial charge < -0.3 is 5.11 Å². The first-order valence-corrected chi connectivity index (χ1v) is 5.09. The fourth-order valence-electron chi connectivity index (χ4n) is 1.19. The number of aliphatic carboxylic acids is 1. The lowest BCUT2D eigenvalue weighted by Crippen LogP contribution is -2.39. The Morgan fingerprint density at radius 1 is 1.33 bits per heavy atom. The van der Waals surface area contributed by atoms with Gasteiger partial charge in [0, 0.05) is 6.54 Å². The van der Waals surface area contributed by atoms with Crippen molar-refractivity contribution in [1.29, 1.82) is 0 Å². The number of benzene rings is 1. The van der Waals surface area contributed by atoms with Gasteiger partial charge in [-0.05, 0) is 5.56 Å². The fourth-order valence-corrected chi connectivity index (χ4v) is 1.19. The van der Waals surface area contributed by atoms with E-state index in [0.717, 1.165) is 5.56 Å². The van der Waals surface area contributed by atoms with Crippen molar-refractivity contribution in [2.75, 3.05) is 6.54 Å². The van der Waals surface area contributed by atoms with E-state index in [1.165, 1.54) is 0 Å². The number of hydroxylamine groups is 1. The van der Waals surface area contributed by atoms with E-state index in [9.17, 15) is 18.0 Å². The third-order valence-corrected chi connectivity index (χ3v) is 2.16. The second-order valence-corrected chi connectivity index (χ2v) is 3.56. The molecule has 0 fully saturated rings. The molecule has 2 N–H and O–H groups in total. The molecule has 0 aliphatic heterocycles. The van der Waals surface area contributed by atoms with Crippen molar-refractivity contribution in [2.45, 2.75) is 12.8 Å². The monoisotopic (exact) mass is 263 g/mol. The zero-order valence-corrected chi connectivity index (χ0v) is 9.28. The molecule has 0 bridgehead atoms. The minimum Gasteiger partial charge on any atom is -0.481 e. The summed E-state index contributed by atoms with van der Waals surface area (Å²) >= 11 is 0. The number of rotatable bonds is 6. The molecule has 100 valence electrons. The lowest BCUT2D eigenvalue weighted by molar-refractivity contribution is -0.197. The zero-order valence-electron chi connectivity index (χ0n) is 9.28. The van der Waals surface area contributed by atoms with Crippen LogP contribution >= 0.6 is 0 Å². The molecule has 1 aromatic rings. The lowest BCUT2D eigenvalue weighted by Gasteiger charge is -2.16. The molecule has 0 saturated heterocycles. The maximum Gasteiger partial charge on any atom is 0.403 e. The van der Waals surface area contributed by atoms with Crippen molar-refractivity contribution in [3.8, 4) is 0 Å². The minimum absolute atomic E-state index is 0.0606. The molecular weight excluding hydrogens is 251 g/mol. The Labute approximate surface area is 101 Å². The van der Waals surface area contributed by atoms with Crippen LogP contribution in [0.4, 0.5) is 13.2 Å². The van der Waals surface area contributed by atoms with E-state index in [4.69, 9.17) is 9.94 Å². The Balaban J connectivity index is 2.34. The highest BCUT2D eigenvalue weighted by Crippen LogP contribution is 2.25. The first-order valence-electron chi connectivity index (χ1n) is 5.09. The topological polar surface area (TPSA) is 58.6 Å². The van der Waals surface area contributed by atoms with E-state index < -0.39 is 24.6 Å². The Hall–Kier alpha value is -1.60. The van der Waals surface area contributed by atoms with Gasteiger partial charge in [0.15, 0.2) is 5.92 Å². The van der Waals surface area contributed by atoms with Crippen LogP contribution < -0.4 is 5.48 Å². The van der Waals surface area contributed by atoms with E-state index in [2.05, 4.69) is 0 Å². The van der Waals surface area contributed by atoms with Crippen molar-refractivity contribution in [2.24, 2.45) is 5.92 Å². The van der Waals surface area contributed by atoms with Gasteiger partial charge in [0.1, 0.15) is 0 Å². The number of hydrogen-bond donors (Lipinski definition) is 2. The summed E-state index contributed by atoms with van der Waals surface area (Å²) in [5.41, 5.74) is 2.79. The van der Waals surface area contributed by atoms with Crippen LogP contribution in [0, 0.1) is 5.92 Å². The molecule has 0 aliphatic rings. The third kappa shape index (κ3) is 4.72. The predicted octanol–water partition coefficient (Wildman–Crippen LogP) is 1.97. The Morgan fingerprint density at radius 2 is 1.94 bits per heavy atom. The Bertz CT molecular complexity index is 381. The van der Waals surface area contributed by atoms with Crippen molar-refractivity contribution in [1.82, 2.24) is 5.48 Å². The molecule has 1 atom stereocenters. The molecule has 1 rings (SSSR count). The van der Waals surface area contributed by atoms with E-state index in [0.29, 0.717) is 0 Å². The maximum absolute atomic E-state index is 12.2. The number of carboxylic acid groups (broad SMARTS) is 1. The van der Waals surface area contributed by atoms with Crippen molar-refractivity contribution >= 4 is 5.97 Å². The Morgan fingerprint density at radius 3 is 2.44 bits per heavy atom. The molecule has 0 saturated carbocycles. The molecule has 1 aromatic carbocycles. The largest absolute Gasteiger partial charge is 0.481 e. The summed E-state index contributed by atoms with van der Waals surface area (Å²) in [6.45, 7) is -0.767. The molecular formula is C11H12F3NO3. The highest BCUT2D eigenvalue weighted by atomic mass is 19.4. The van der Waals surface area contributed by atoms with E-state index in [1.54, 1.807) is 30.3 Å². The van der Waals surface area contributed by atoms with Crippen molar-refractivity contribution < 1.29 is 27.9 Å². The van der Waals surface area contributed by atoms with Crippen LogP contribution in [0.1, 0.15) is 5.56 Å². The van der Waals surface area contributed by atoms with E-state index in [1.807, 2.05) is 5.48 Å². The summed E-state index contributed by atoms with van der Waals surface area (Å²) in [6, 6.07) is 8.78. The molecule has 0 spiro atoms. The van der Waals surface area contributed by atoms with Gasteiger partial charge in [-0.3, -0.25) is 9.63 Å². The van der Waals surface area contributed by atoms with Gasteiger partial charge in [0.05, 0.1) is 6.61 Å². The van der Waals surface area contributed by atoms with Gasteiger partial charge in [0.25, 0.3) is 0 Å². The summed E-state index contributed by atoms with van der Waals surface area (Å²) in [5.74, 6) is -4.41. The van der Waals surface area contributed by atoms with Gasteiger partial charge >= 0.3 is 12.1 Å². The highest BCUT2D eigenvalue weighted by molar-refractivity contribution is 5.71. The van der Waals surface area contributed by atoms with Crippen LogP contribution in [0.25, 0.3) is 0 Å². The highest BCUT2D eigenvalue weighted by Gasteiger charge is 2.44. The molecule has 0 amide bonds. The SMILES string of the molecule is O=C(O)C(CNOCc1ccccc1)C(F)(F)F. The van der Waals surface area contributed by atoms with Crippen LogP contribution in [0.3, 0.4) is 0 Å². The lowest BCUT2D eigenvalue weighted by atomic mass is 10.1. The average molecular weight is 263 g/mol. The summed E-state index contributed by atoms with van der Waals surface area (Å²) in [5, 5.41) is 8.41. The predicted molar refractivity (Wildman–Crippen MR) is 56.4 cm³/mol. The van der Waals surface area contributed by atoms with Crippen LogP contribution in [-0.4, -0.2) is 23.8 Å². The first-order chi connectivity index (χ1) is 8.41. The number of carboxylic acids is 1. The van der Waals surface area contributed by atoms with Crippen molar-refractivity contribution in [3.05, 3.63) is 35.9 Å². The van der Waals surface area contributed by atoms with Gasteiger partial charge in [-0.1, -0.05) is 30.3 Å². The van der Waals surface area contributed by atoms with Gasteiger partial charge in [-0.25, -0.2) is 5.48 Å². The second kappa shape index (κ2) is 6.36. The Kier molecular flexibility index (Phi) is 5.11. The molecule has 0 radical (unpaired) electrons. The first kappa shape index (κ1) is 14.5. The van der Waals surface area contributed by atoms with Crippen LogP contribution in [-0.2, 0) is 16.2 Å². The number of alkyl halides is 3. The van der Waals surface area contributed by atoms with E-state index >= 15 is 0 Å². The zero-order chi connectivity index (χ0) is 13.6. The number of halogens is 3. The van der Waals surface area contributed by atoms with Crippen LogP contribution in [0.2, 0.25) is 0 Å². The van der Waals surface area contributed by atoms with Crippen LogP contribution in [0.5, 0.6) is 0 Å². The second-order valence-electron chi connectivity index (χ2n) is 3.56. The number of nitrogens with one attached hydrogen (secondary N) is 1.